The van der Waals surface area contributed by atoms with E-state index in [0.29, 0.717) is 23.5 Å². The van der Waals surface area contributed by atoms with E-state index in [2.05, 4.69) is 30.9 Å². The van der Waals surface area contributed by atoms with Crippen LogP contribution in [0.25, 0.3) is 0 Å². The molecule has 0 spiro atoms. The molecule has 0 bridgehead atoms. The first kappa shape index (κ1) is 25.3. The van der Waals surface area contributed by atoms with Gasteiger partial charge in [0.15, 0.2) is 17.5 Å². The third-order valence-electron chi connectivity index (χ3n) is 5.87. The third-order valence-corrected chi connectivity index (χ3v) is 5.87. The lowest BCUT2D eigenvalue weighted by atomic mass is 9.96. The third kappa shape index (κ3) is 7.36. The number of nitrogens with one attached hydrogen (secondary N) is 3. The zero-order valence-corrected chi connectivity index (χ0v) is 19.8. The maximum Gasteiger partial charge on any atom is 0.224 e. The van der Waals surface area contributed by atoms with Gasteiger partial charge in [0.2, 0.25) is 11.9 Å². The summed E-state index contributed by atoms with van der Waals surface area (Å²) in [4.78, 5) is 25.0. The predicted molar refractivity (Wildman–Crippen MR) is 132 cm³/mol. The highest BCUT2D eigenvalue weighted by atomic mass is 19.1. The maximum absolute atomic E-state index is 13.6. The molecular weight excluding hydrogens is 440 g/mol. The van der Waals surface area contributed by atoms with E-state index in [9.17, 15) is 13.6 Å². The van der Waals surface area contributed by atoms with Crippen LogP contribution in [0.4, 0.5) is 31.9 Å². The van der Waals surface area contributed by atoms with Gasteiger partial charge in [0, 0.05) is 33.1 Å². The van der Waals surface area contributed by atoms with Gasteiger partial charge in [-0.2, -0.15) is 4.98 Å². The first-order chi connectivity index (χ1) is 16.5. The van der Waals surface area contributed by atoms with Gasteiger partial charge >= 0.3 is 0 Å². The van der Waals surface area contributed by atoms with E-state index in [1.54, 1.807) is 20.2 Å². The van der Waals surface area contributed by atoms with E-state index in [4.69, 9.17) is 0 Å². The van der Waals surface area contributed by atoms with Crippen molar-refractivity contribution in [2.24, 2.45) is 4.99 Å². The summed E-state index contributed by atoms with van der Waals surface area (Å²) < 4.78 is 27.1. The molecule has 1 saturated heterocycles. The van der Waals surface area contributed by atoms with Crippen LogP contribution in [0.5, 0.6) is 0 Å². The van der Waals surface area contributed by atoms with Crippen molar-refractivity contribution in [3.05, 3.63) is 36.0 Å². The largest absolute Gasteiger partial charge is 0.371 e. The van der Waals surface area contributed by atoms with Gasteiger partial charge in [-0.3, -0.25) is 4.79 Å². The highest BCUT2D eigenvalue weighted by Crippen LogP contribution is 2.24. The van der Waals surface area contributed by atoms with Crippen molar-refractivity contribution < 1.29 is 13.6 Å². The van der Waals surface area contributed by atoms with Crippen LogP contribution in [0.1, 0.15) is 51.9 Å². The second-order valence-corrected chi connectivity index (χ2v) is 8.37. The number of aliphatic imine (C=N–C) groups is 1. The summed E-state index contributed by atoms with van der Waals surface area (Å²) in [5.74, 6) is -0.0921. The van der Waals surface area contributed by atoms with Gasteiger partial charge in [0.1, 0.15) is 11.4 Å². The van der Waals surface area contributed by atoms with E-state index in [1.165, 1.54) is 44.5 Å². The number of anilines is 3. The summed E-state index contributed by atoms with van der Waals surface area (Å²) in [5.41, 5.74) is 0.213. The van der Waals surface area contributed by atoms with Gasteiger partial charge in [-0.05, 0) is 37.8 Å². The first-order valence-electron chi connectivity index (χ1n) is 11.8. The molecule has 2 aliphatic rings. The monoisotopic (exact) mass is 473 g/mol. The molecule has 34 heavy (non-hydrogen) atoms. The molecule has 1 aromatic carbocycles. The van der Waals surface area contributed by atoms with Crippen LogP contribution in [-0.2, 0) is 4.79 Å². The number of carbonyl (C=O) groups is 1. The van der Waals surface area contributed by atoms with Gasteiger partial charge in [0.25, 0.3) is 0 Å². The Balaban J connectivity index is 0.000000343. The SMILES string of the molecule is CC(=O)N1CCCC1.CNc1nc(NC2CCCCC2)ncc1NC=Nc1c(F)cccc1F. The molecule has 1 aromatic heterocycles. The van der Waals surface area contributed by atoms with Gasteiger partial charge in [-0.15, -0.1) is 0 Å². The standard InChI is InChI=1S/C18H22F2N6.C6H11NO/c1-21-17-15(23-11-24-16-13(19)8-5-9-14(16)20)10-22-18(26-17)25-12-6-3-2-4-7-12;1-6(8)7-4-2-3-5-7/h5,8-12H,2-4,6-7H2,1H3,(H,23,24)(H2,21,22,25,26);2-5H2,1H3. The minimum atomic E-state index is -0.722. The number of nitrogens with zero attached hydrogens (tertiary/aromatic N) is 4. The Labute approximate surface area is 199 Å². The molecule has 1 aliphatic carbocycles. The zero-order chi connectivity index (χ0) is 24.3. The fraction of sp³-hybridized carbons (Fsp3) is 0.500. The Morgan fingerprint density at radius 2 is 1.79 bits per heavy atom. The van der Waals surface area contributed by atoms with Crippen LogP contribution < -0.4 is 16.0 Å². The predicted octanol–water partition coefficient (Wildman–Crippen LogP) is 4.94. The molecule has 0 unspecified atom stereocenters. The number of hydrogen-bond donors (Lipinski definition) is 3. The molecule has 2 aromatic rings. The van der Waals surface area contributed by atoms with Crippen molar-refractivity contribution in [2.75, 3.05) is 36.1 Å². The van der Waals surface area contributed by atoms with Gasteiger partial charge in [0.05, 0.1) is 12.5 Å². The molecule has 0 atom stereocenters. The molecule has 1 aliphatic heterocycles. The molecule has 1 saturated carbocycles. The van der Waals surface area contributed by atoms with Crippen molar-refractivity contribution in [2.45, 2.75) is 57.9 Å². The van der Waals surface area contributed by atoms with Crippen LogP contribution >= 0.6 is 0 Å². The highest BCUT2D eigenvalue weighted by molar-refractivity contribution is 5.83. The summed E-state index contributed by atoms with van der Waals surface area (Å²) in [6, 6.07) is 4.01. The van der Waals surface area contributed by atoms with E-state index >= 15 is 0 Å². The lowest BCUT2D eigenvalue weighted by Gasteiger charge is -2.23. The highest BCUT2D eigenvalue weighted by Gasteiger charge is 2.15. The maximum atomic E-state index is 13.6. The van der Waals surface area contributed by atoms with E-state index in [0.717, 1.165) is 38.1 Å². The lowest BCUT2D eigenvalue weighted by molar-refractivity contribution is -0.127. The number of likely N-dealkylation sites (tertiary alicyclic amines) is 1. The normalized spacial score (nSPS) is 16.2. The average Bonchev–Trinajstić information content (AvgIpc) is 3.38. The van der Waals surface area contributed by atoms with Crippen molar-refractivity contribution >= 4 is 35.4 Å². The van der Waals surface area contributed by atoms with Crippen LogP contribution in [0.15, 0.2) is 29.4 Å². The fourth-order valence-corrected chi connectivity index (χ4v) is 3.99. The topological polar surface area (TPSA) is 94.5 Å². The second-order valence-electron chi connectivity index (χ2n) is 8.37. The quantitative estimate of drug-likeness (QED) is 0.406. The molecular formula is C24H33F2N7O. The van der Waals surface area contributed by atoms with Crippen LogP contribution in [0.2, 0.25) is 0 Å². The Hall–Kier alpha value is -3.30. The molecule has 2 heterocycles. The minimum Gasteiger partial charge on any atom is -0.371 e. The Morgan fingerprint density at radius 3 is 2.38 bits per heavy atom. The molecule has 3 N–H and O–H groups in total. The van der Waals surface area contributed by atoms with E-state index in [1.807, 2.05) is 4.90 Å². The van der Waals surface area contributed by atoms with Gasteiger partial charge in [-0.1, -0.05) is 25.3 Å². The van der Waals surface area contributed by atoms with Crippen LogP contribution in [0.3, 0.4) is 0 Å². The summed E-state index contributed by atoms with van der Waals surface area (Å²) in [7, 11) is 1.74. The summed E-state index contributed by atoms with van der Waals surface area (Å²) in [6.07, 6.45) is 11.2. The molecule has 8 nitrogen and oxygen atoms in total. The summed E-state index contributed by atoms with van der Waals surface area (Å²) in [5, 5.41) is 9.20. The average molecular weight is 474 g/mol. The zero-order valence-electron chi connectivity index (χ0n) is 19.8. The van der Waals surface area contributed by atoms with Crippen molar-refractivity contribution in [3.63, 3.8) is 0 Å². The van der Waals surface area contributed by atoms with Crippen molar-refractivity contribution in [3.8, 4) is 0 Å². The smallest absolute Gasteiger partial charge is 0.224 e. The minimum absolute atomic E-state index is 0.225. The number of para-hydroxylation sites is 1. The Bertz CT molecular complexity index is 954. The number of rotatable bonds is 6. The Kier molecular flexibility index (Phi) is 9.54. The molecule has 184 valence electrons. The van der Waals surface area contributed by atoms with Gasteiger partial charge in [-0.25, -0.2) is 18.8 Å². The molecule has 10 heteroatoms. The van der Waals surface area contributed by atoms with E-state index in [-0.39, 0.29) is 11.6 Å². The van der Waals surface area contributed by atoms with Crippen LogP contribution in [0, 0.1) is 11.6 Å². The van der Waals surface area contributed by atoms with Crippen molar-refractivity contribution in [1.29, 1.82) is 0 Å². The summed E-state index contributed by atoms with van der Waals surface area (Å²) in [6.45, 7) is 3.59. The first-order valence-corrected chi connectivity index (χ1v) is 11.8. The fourth-order valence-electron chi connectivity index (χ4n) is 3.99. The number of halogens is 2. The number of amides is 1. The number of benzene rings is 1. The lowest BCUT2D eigenvalue weighted by Crippen LogP contribution is -2.24. The van der Waals surface area contributed by atoms with Crippen molar-refractivity contribution in [1.82, 2.24) is 14.9 Å². The number of carbonyl (C=O) groups excluding carboxylic acids is 1. The van der Waals surface area contributed by atoms with Crippen LogP contribution in [-0.4, -0.2) is 53.3 Å². The molecule has 0 radical (unpaired) electrons. The molecule has 1 amide bonds. The molecule has 2 fully saturated rings. The Morgan fingerprint density at radius 1 is 1.12 bits per heavy atom. The second kappa shape index (κ2) is 12.8. The van der Waals surface area contributed by atoms with Gasteiger partial charge < -0.3 is 20.9 Å². The number of aromatic nitrogens is 2. The van der Waals surface area contributed by atoms with E-state index < -0.39 is 11.6 Å². The summed E-state index contributed by atoms with van der Waals surface area (Å²) >= 11 is 0. The molecule has 4 rings (SSSR count). The number of hydrogen-bond acceptors (Lipinski definition) is 6.